The molecule has 4 aromatic rings. The summed E-state index contributed by atoms with van der Waals surface area (Å²) in [4.78, 5) is 44.4. The number of hydrogen-bond acceptors (Lipinski definition) is 8. The van der Waals surface area contributed by atoms with Crippen molar-refractivity contribution in [2.45, 2.75) is 18.6 Å². The molecule has 1 atom stereocenters. The summed E-state index contributed by atoms with van der Waals surface area (Å²) in [6.45, 7) is 1.47. The van der Waals surface area contributed by atoms with Crippen LogP contribution >= 0.6 is 11.8 Å². The van der Waals surface area contributed by atoms with Crippen LogP contribution in [-0.4, -0.2) is 38.8 Å². The van der Waals surface area contributed by atoms with E-state index in [1.54, 1.807) is 19.1 Å². The third-order valence-electron chi connectivity index (χ3n) is 5.63. The van der Waals surface area contributed by atoms with E-state index in [0.29, 0.717) is 29.5 Å². The number of nitrogens with one attached hydrogen (secondary N) is 1. The number of aryl methyl sites for hydroxylation is 1. The Labute approximate surface area is 211 Å². The standard InChI is InChI=1S/C27H21N3O5S/c1-16-24(29-26(35-16)19-9-7-18(8-10-19)17-5-3-2-4-6-17)22(31)15-34-21-12-11-20(28-14-21)13-23-25(32)30-27(33)36-23/h2-12,14,23H,13,15H2,1H3,(H,30,32,33). The summed E-state index contributed by atoms with van der Waals surface area (Å²) in [6, 6.07) is 21.2. The Balaban J connectivity index is 1.20. The van der Waals surface area contributed by atoms with E-state index >= 15 is 0 Å². The monoisotopic (exact) mass is 499 g/mol. The third kappa shape index (κ3) is 5.21. The number of ketones is 1. The van der Waals surface area contributed by atoms with Gasteiger partial charge in [0.25, 0.3) is 5.24 Å². The van der Waals surface area contributed by atoms with Crippen LogP contribution < -0.4 is 10.1 Å². The minimum atomic E-state index is -0.489. The van der Waals surface area contributed by atoms with E-state index in [-0.39, 0.29) is 29.2 Å². The maximum absolute atomic E-state index is 12.7. The summed E-state index contributed by atoms with van der Waals surface area (Å²) in [6.07, 6.45) is 1.81. The minimum Gasteiger partial charge on any atom is -0.484 e. The van der Waals surface area contributed by atoms with Gasteiger partial charge in [0.1, 0.15) is 11.5 Å². The zero-order valence-electron chi connectivity index (χ0n) is 19.3. The number of carbonyl (C=O) groups is 3. The number of pyridine rings is 1. The van der Waals surface area contributed by atoms with Crippen molar-refractivity contribution in [2.24, 2.45) is 0 Å². The van der Waals surface area contributed by atoms with Gasteiger partial charge in [-0.15, -0.1) is 0 Å². The molecule has 5 rings (SSSR count). The molecule has 0 spiro atoms. The molecule has 3 heterocycles. The Kier molecular flexibility index (Phi) is 6.64. The normalized spacial score (nSPS) is 15.1. The fourth-order valence-corrected chi connectivity index (χ4v) is 4.60. The van der Waals surface area contributed by atoms with Crippen molar-refractivity contribution in [1.29, 1.82) is 0 Å². The van der Waals surface area contributed by atoms with Crippen molar-refractivity contribution < 1.29 is 23.5 Å². The maximum Gasteiger partial charge on any atom is 0.286 e. The topological polar surface area (TPSA) is 111 Å². The van der Waals surface area contributed by atoms with E-state index in [2.05, 4.69) is 15.3 Å². The molecule has 36 heavy (non-hydrogen) atoms. The Morgan fingerprint density at radius 3 is 2.39 bits per heavy atom. The second-order valence-electron chi connectivity index (χ2n) is 8.15. The average molecular weight is 500 g/mol. The number of Topliss-reactive ketones (excluding diaryl/α,β-unsaturated/α-hetero) is 1. The van der Waals surface area contributed by atoms with Crippen LogP contribution in [0.1, 0.15) is 21.9 Å². The van der Waals surface area contributed by atoms with Gasteiger partial charge in [0, 0.05) is 17.7 Å². The van der Waals surface area contributed by atoms with Crippen molar-refractivity contribution in [3.8, 4) is 28.3 Å². The van der Waals surface area contributed by atoms with Gasteiger partial charge in [0.15, 0.2) is 12.3 Å². The second-order valence-corrected chi connectivity index (χ2v) is 9.33. The van der Waals surface area contributed by atoms with Crippen molar-refractivity contribution in [1.82, 2.24) is 15.3 Å². The lowest BCUT2D eigenvalue weighted by Crippen LogP contribution is -2.25. The summed E-state index contributed by atoms with van der Waals surface area (Å²) < 4.78 is 11.3. The van der Waals surface area contributed by atoms with Gasteiger partial charge in [-0.1, -0.05) is 54.2 Å². The van der Waals surface area contributed by atoms with Gasteiger partial charge in [0.2, 0.25) is 17.6 Å². The molecule has 1 fully saturated rings. The van der Waals surface area contributed by atoms with Crippen LogP contribution in [0.4, 0.5) is 4.79 Å². The van der Waals surface area contributed by atoms with Crippen LogP contribution in [0.5, 0.6) is 5.75 Å². The number of nitrogens with zero attached hydrogens (tertiary/aromatic N) is 2. The first-order chi connectivity index (χ1) is 17.5. The van der Waals surface area contributed by atoms with Gasteiger partial charge in [-0.2, -0.15) is 0 Å². The molecule has 1 aliphatic heterocycles. The van der Waals surface area contributed by atoms with E-state index in [1.807, 2.05) is 54.6 Å². The van der Waals surface area contributed by atoms with E-state index < -0.39 is 5.25 Å². The summed E-state index contributed by atoms with van der Waals surface area (Å²) in [5, 5.41) is 1.42. The molecular weight excluding hydrogens is 478 g/mol. The highest BCUT2D eigenvalue weighted by molar-refractivity contribution is 8.15. The molecular formula is C27H21N3O5S. The van der Waals surface area contributed by atoms with Crippen molar-refractivity contribution in [3.63, 3.8) is 0 Å². The molecule has 1 unspecified atom stereocenters. The number of ether oxygens (including phenoxy) is 1. The predicted molar refractivity (Wildman–Crippen MR) is 135 cm³/mol. The van der Waals surface area contributed by atoms with Gasteiger partial charge < -0.3 is 9.15 Å². The number of thioether (sulfide) groups is 1. The number of amides is 2. The quantitative estimate of drug-likeness (QED) is 0.342. The number of oxazole rings is 1. The van der Waals surface area contributed by atoms with Crippen LogP contribution in [0.15, 0.2) is 77.3 Å². The fourth-order valence-electron chi connectivity index (χ4n) is 3.77. The van der Waals surface area contributed by atoms with E-state index in [0.717, 1.165) is 28.5 Å². The molecule has 1 aliphatic rings. The van der Waals surface area contributed by atoms with Crippen molar-refractivity contribution >= 4 is 28.7 Å². The molecule has 0 bridgehead atoms. The van der Waals surface area contributed by atoms with Crippen LogP contribution in [0.2, 0.25) is 0 Å². The molecule has 0 radical (unpaired) electrons. The van der Waals surface area contributed by atoms with Gasteiger partial charge in [-0.25, -0.2) is 4.98 Å². The van der Waals surface area contributed by atoms with Crippen LogP contribution in [0.25, 0.3) is 22.6 Å². The lowest BCUT2D eigenvalue weighted by Gasteiger charge is -2.07. The molecule has 1 saturated heterocycles. The summed E-state index contributed by atoms with van der Waals surface area (Å²) in [5.74, 6) is 0.566. The summed E-state index contributed by atoms with van der Waals surface area (Å²) in [7, 11) is 0. The van der Waals surface area contributed by atoms with Gasteiger partial charge in [-0.05, 0) is 42.3 Å². The number of aromatic nitrogens is 2. The van der Waals surface area contributed by atoms with Crippen molar-refractivity contribution in [2.75, 3.05) is 6.61 Å². The van der Waals surface area contributed by atoms with Gasteiger partial charge in [-0.3, -0.25) is 24.7 Å². The van der Waals surface area contributed by atoms with E-state index in [1.165, 1.54) is 6.20 Å². The Hall–Kier alpha value is -4.24. The smallest absolute Gasteiger partial charge is 0.286 e. The number of benzene rings is 2. The highest BCUT2D eigenvalue weighted by Crippen LogP contribution is 2.26. The van der Waals surface area contributed by atoms with Gasteiger partial charge >= 0.3 is 0 Å². The zero-order valence-corrected chi connectivity index (χ0v) is 20.1. The Morgan fingerprint density at radius 1 is 1.00 bits per heavy atom. The SMILES string of the molecule is Cc1oc(-c2ccc(-c3ccccc3)cc2)nc1C(=O)COc1ccc(CC2SC(=O)NC2=O)nc1. The molecule has 180 valence electrons. The first-order valence-corrected chi connectivity index (χ1v) is 12.1. The Bertz CT molecular complexity index is 1420. The fraction of sp³-hybridized carbons (Fsp3) is 0.148. The Morgan fingerprint density at radius 2 is 1.72 bits per heavy atom. The highest BCUT2D eigenvalue weighted by Gasteiger charge is 2.31. The largest absolute Gasteiger partial charge is 0.484 e. The number of hydrogen-bond donors (Lipinski definition) is 1. The lowest BCUT2D eigenvalue weighted by atomic mass is 10.0. The molecule has 0 saturated carbocycles. The number of imide groups is 1. The molecule has 0 aliphatic carbocycles. The molecule has 2 aromatic carbocycles. The summed E-state index contributed by atoms with van der Waals surface area (Å²) in [5.41, 5.74) is 3.82. The third-order valence-corrected chi connectivity index (χ3v) is 6.61. The van der Waals surface area contributed by atoms with E-state index in [9.17, 15) is 14.4 Å². The molecule has 1 N–H and O–H groups in total. The van der Waals surface area contributed by atoms with Crippen LogP contribution in [0.3, 0.4) is 0 Å². The zero-order chi connectivity index (χ0) is 25.1. The number of rotatable bonds is 8. The number of carbonyl (C=O) groups excluding carboxylic acids is 3. The minimum absolute atomic E-state index is 0.218. The average Bonchev–Trinajstić information content (AvgIpc) is 3.44. The second kappa shape index (κ2) is 10.2. The molecule has 2 amide bonds. The van der Waals surface area contributed by atoms with Crippen LogP contribution in [0, 0.1) is 6.92 Å². The van der Waals surface area contributed by atoms with E-state index in [4.69, 9.17) is 9.15 Å². The maximum atomic E-state index is 12.7. The van der Waals surface area contributed by atoms with Crippen LogP contribution in [-0.2, 0) is 11.2 Å². The van der Waals surface area contributed by atoms with Crippen molar-refractivity contribution in [3.05, 3.63) is 90.1 Å². The molecule has 8 nitrogen and oxygen atoms in total. The first kappa shape index (κ1) is 23.5. The van der Waals surface area contributed by atoms with Gasteiger partial charge in [0.05, 0.1) is 11.4 Å². The lowest BCUT2D eigenvalue weighted by molar-refractivity contribution is -0.118. The molecule has 2 aromatic heterocycles. The summed E-state index contributed by atoms with van der Waals surface area (Å²) >= 11 is 0.954. The highest BCUT2D eigenvalue weighted by atomic mass is 32.2. The predicted octanol–water partition coefficient (Wildman–Crippen LogP) is 4.87. The first-order valence-electron chi connectivity index (χ1n) is 11.2. The molecule has 9 heteroatoms.